The smallest absolute Gasteiger partial charge is 0.295 e. The van der Waals surface area contributed by atoms with Crippen molar-refractivity contribution in [2.45, 2.75) is 13.8 Å². The zero-order valence-electron chi connectivity index (χ0n) is 10.2. The molecule has 0 atom stereocenters. The van der Waals surface area contributed by atoms with Crippen molar-refractivity contribution in [1.82, 2.24) is 19.1 Å². The Morgan fingerprint density at radius 3 is 2.76 bits per heavy atom. The molecule has 1 rings (SSSR count). The van der Waals surface area contributed by atoms with Crippen molar-refractivity contribution in [3.05, 3.63) is 12.7 Å². The number of hydrogen-bond acceptors (Lipinski definition) is 6. The Morgan fingerprint density at radius 2 is 2.29 bits per heavy atom. The van der Waals surface area contributed by atoms with Gasteiger partial charge >= 0.3 is 6.09 Å². The van der Waals surface area contributed by atoms with Gasteiger partial charge in [0.05, 0.1) is 0 Å². The standard InChI is InChI=1S/C9H15N5O2S/c1-7(2)8(14-6-10-5-11-14)12-16-9(15)13(3)17-4/h5-7H,1-4H3. The van der Waals surface area contributed by atoms with Crippen molar-refractivity contribution in [1.29, 1.82) is 0 Å². The minimum Gasteiger partial charge on any atom is -0.295 e. The number of hydrogen-bond donors (Lipinski definition) is 0. The van der Waals surface area contributed by atoms with Crippen LogP contribution in [-0.4, -0.2) is 44.3 Å². The van der Waals surface area contributed by atoms with Gasteiger partial charge in [0, 0.05) is 19.2 Å². The molecule has 0 aliphatic rings. The van der Waals surface area contributed by atoms with Gasteiger partial charge in [-0.25, -0.2) is 14.5 Å². The van der Waals surface area contributed by atoms with Crippen LogP contribution in [0.25, 0.3) is 0 Å². The third-order valence-electron chi connectivity index (χ3n) is 1.92. The average Bonchev–Trinajstić information content (AvgIpc) is 2.81. The molecule has 94 valence electrons. The number of oxime groups is 1. The van der Waals surface area contributed by atoms with E-state index in [1.807, 2.05) is 13.8 Å². The minimum atomic E-state index is -0.532. The quantitative estimate of drug-likeness (QED) is 0.269. The molecule has 0 unspecified atom stereocenters. The molecule has 8 heteroatoms. The Labute approximate surface area is 104 Å². The maximum atomic E-state index is 11.4. The molecule has 17 heavy (non-hydrogen) atoms. The molecule has 0 saturated heterocycles. The van der Waals surface area contributed by atoms with Gasteiger partial charge in [-0.1, -0.05) is 19.0 Å². The van der Waals surface area contributed by atoms with Crippen molar-refractivity contribution < 1.29 is 9.63 Å². The Bertz CT molecular complexity index is 390. The zero-order chi connectivity index (χ0) is 12.8. The summed E-state index contributed by atoms with van der Waals surface area (Å²) in [6.07, 6.45) is 4.14. The predicted molar refractivity (Wildman–Crippen MR) is 65.5 cm³/mol. The minimum absolute atomic E-state index is 0.0593. The van der Waals surface area contributed by atoms with E-state index < -0.39 is 6.09 Å². The van der Waals surface area contributed by atoms with Gasteiger partial charge in [-0.2, -0.15) is 5.10 Å². The highest BCUT2D eigenvalue weighted by atomic mass is 32.2. The first-order valence-corrected chi connectivity index (χ1v) is 6.16. The molecule has 7 nitrogen and oxygen atoms in total. The van der Waals surface area contributed by atoms with Gasteiger partial charge in [-0.15, -0.1) is 0 Å². The summed E-state index contributed by atoms with van der Waals surface area (Å²) in [5.41, 5.74) is 0. The van der Waals surface area contributed by atoms with Crippen LogP contribution in [0.2, 0.25) is 0 Å². The second kappa shape index (κ2) is 6.24. The van der Waals surface area contributed by atoms with E-state index in [4.69, 9.17) is 4.84 Å². The van der Waals surface area contributed by atoms with Crippen molar-refractivity contribution in [3.8, 4) is 0 Å². The molecule has 0 spiro atoms. The molecule has 0 bridgehead atoms. The largest absolute Gasteiger partial charge is 0.445 e. The first-order chi connectivity index (χ1) is 8.06. The number of carbonyl (C=O) groups excluding carboxylic acids is 1. The van der Waals surface area contributed by atoms with Crippen molar-refractivity contribution in [3.63, 3.8) is 0 Å². The summed E-state index contributed by atoms with van der Waals surface area (Å²) >= 11 is 1.25. The first kappa shape index (κ1) is 13.5. The maximum absolute atomic E-state index is 11.4. The third kappa shape index (κ3) is 3.74. The molecular formula is C9H15N5O2S. The Balaban J connectivity index is 2.76. The van der Waals surface area contributed by atoms with Crippen LogP contribution in [0.5, 0.6) is 0 Å². The van der Waals surface area contributed by atoms with E-state index >= 15 is 0 Å². The summed E-state index contributed by atoms with van der Waals surface area (Å²) in [6, 6.07) is 0. The van der Waals surface area contributed by atoms with Crippen molar-refractivity contribution in [2.24, 2.45) is 11.1 Å². The van der Waals surface area contributed by atoms with Crippen LogP contribution in [-0.2, 0) is 4.84 Å². The topological polar surface area (TPSA) is 72.6 Å². The van der Waals surface area contributed by atoms with Gasteiger partial charge in [0.15, 0.2) is 5.84 Å². The van der Waals surface area contributed by atoms with Crippen molar-refractivity contribution >= 4 is 23.9 Å². The lowest BCUT2D eigenvalue weighted by molar-refractivity contribution is 0.136. The van der Waals surface area contributed by atoms with E-state index in [9.17, 15) is 4.79 Å². The molecule has 0 aliphatic carbocycles. The van der Waals surface area contributed by atoms with E-state index in [0.29, 0.717) is 5.84 Å². The fourth-order valence-corrected chi connectivity index (χ4v) is 1.14. The average molecular weight is 257 g/mol. The van der Waals surface area contributed by atoms with E-state index in [0.717, 1.165) is 0 Å². The molecule has 0 aromatic carbocycles. The number of aromatic nitrogens is 3. The van der Waals surface area contributed by atoms with Crippen LogP contribution in [0.15, 0.2) is 17.8 Å². The number of nitrogens with zero attached hydrogens (tertiary/aromatic N) is 5. The highest BCUT2D eigenvalue weighted by Gasteiger charge is 2.13. The van der Waals surface area contributed by atoms with Gasteiger partial charge in [0.25, 0.3) is 0 Å². The maximum Gasteiger partial charge on any atom is 0.445 e. The summed E-state index contributed by atoms with van der Waals surface area (Å²) < 4.78 is 2.81. The molecule has 1 aromatic rings. The third-order valence-corrected chi connectivity index (χ3v) is 2.61. The molecule has 0 N–H and O–H groups in total. The highest BCUT2D eigenvalue weighted by molar-refractivity contribution is 7.96. The summed E-state index contributed by atoms with van der Waals surface area (Å²) in [7, 11) is 1.60. The number of rotatable bonds is 3. The van der Waals surface area contributed by atoms with Crippen molar-refractivity contribution in [2.75, 3.05) is 13.3 Å². The number of carbonyl (C=O) groups is 1. The van der Waals surface area contributed by atoms with Crippen LogP contribution >= 0.6 is 11.9 Å². The monoisotopic (exact) mass is 257 g/mol. The Kier molecular flexibility index (Phi) is 4.95. The van der Waals surface area contributed by atoms with E-state index in [1.165, 1.54) is 33.6 Å². The van der Waals surface area contributed by atoms with Crippen LogP contribution in [0, 0.1) is 5.92 Å². The second-order valence-corrected chi connectivity index (χ2v) is 4.39. The second-order valence-electron chi connectivity index (χ2n) is 3.48. The first-order valence-electron chi connectivity index (χ1n) is 4.98. The fourth-order valence-electron chi connectivity index (χ4n) is 0.956. The predicted octanol–water partition coefficient (Wildman–Crippen LogP) is 1.44. The molecule has 0 fully saturated rings. The molecule has 0 saturated carbocycles. The molecule has 1 aromatic heterocycles. The summed E-state index contributed by atoms with van der Waals surface area (Å²) in [4.78, 5) is 20.0. The molecule has 1 heterocycles. The Morgan fingerprint density at radius 1 is 1.59 bits per heavy atom. The summed E-state index contributed by atoms with van der Waals surface area (Å²) in [5, 5.41) is 7.75. The van der Waals surface area contributed by atoms with Gasteiger partial charge in [-0.3, -0.25) is 9.14 Å². The van der Waals surface area contributed by atoms with Crippen LogP contribution in [0.4, 0.5) is 4.79 Å². The van der Waals surface area contributed by atoms with Gasteiger partial charge in [0.1, 0.15) is 12.7 Å². The highest BCUT2D eigenvalue weighted by Crippen LogP contribution is 2.05. The van der Waals surface area contributed by atoms with E-state index in [-0.39, 0.29) is 5.92 Å². The number of amides is 1. The Hall–Kier alpha value is -1.57. The van der Waals surface area contributed by atoms with Gasteiger partial charge < -0.3 is 0 Å². The summed E-state index contributed by atoms with van der Waals surface area (Å²) in [5.74, 6) is 0.578. The molecule has 0 radical (unpaired) electrons. The summed E-state index contributed by atoms with van der Waals surface area (Å²) in [6.45, 7) is 3.85. The van der Waals surface area contributed by atoms with Crippen LogP contribution < -0.4 is 0 Å². The van der Waals surface area contributed by atoms with E-state index in [1.54, 1.807) is 13.3 Å². The lowest BCUT2D eigenvalue weighted by Gasteiger charge is -2.12. The van der Waals surface area contributed by atoms with Gasteiger partial charge in [0.2, 0.25) is 0 Å². The molecule has 0 aliphatic heterocycles. The molecule has 1 amide bonds. The van der Waals surface area contributed by atoms with Crippen LogP contribution in [0.3, 0.4) is 0 Å². The van der Waals surface area contributed by atoms with E-state index in [2.05, 4.69) is 15.2 Å². The SMILES string of the molecule is CSN(C)C(=O)ON=C(C(C)C)n1cncn1. The molecular weight excluding hydrogens is 242 g/mol. The van der Waals surface area contributed by atoms with Gasteiger partial charge in [-0.05, 0) is 11.9 Å². The fraction of sp³-hybridized carbons (Fsp3) is 0.556. The van der Waals surface area contributed by atoms with Crippen LogP contribution in [0.1, 0.15) is 13.8 Å². The lowest BCUT2D eigenvalue weighted by atomic mass is 10.2. The lowest BCUT2D eigenvalue weighted by Crippen LogP contribution is -2.23. The normalized spacial score (nSPS) is 11.7. The zero-order valence-corrected chi connectivity index (χ0v) is 11.0.